The molecule has 1 N–H and O–H groups in total. The second-order valence-electron chi connectivity index (χ2n) is 4.69. The van der Waals surface area contributed by atoms with Gasteiger partial charge >= 0.3 is 0 Å². The molecule has 1 aromatic rings. The van der Waals surface area contributed by atoms with Gasteiger partial charge in [-0.3, -0.25) is 0 Å². The third-order valence-electron chi connectivity index (χ3n) is 2.82. The summed E-state index contributed by atoms with van der Waals surface area (Å²) in [5.41, 5.74) is 2.30. The Hall–Kier alpha value is -0.770. The van der Waals surface area contributed by atoms with E-state index in [4.69, 9.17) is 16.3 Å². The van der Waals surface area contributed by atoms with Crippen LogP contribution in [0.1, 0.15) is 19.4 Å². The highest BCUT2D eigenvalue weighted by molar-refractivity contribution is 6.31. The van der Waals surface area contributed by atoms with E-state index in [1.54, 1.807) is 7.11 Å². The molecule has 0 bridgehead atoms. The van der Waals surface area contributed by atoms with Gasteiger partial charge in [-0.1, -0.05) is 31.5 Å². The van der Waals surface area contributed by atoms with Crippen molar-refractivity contribution in [3.05, 3.63) is 28.8 Å². The van der Waals surface area contributed by atoms with Gasteiger partial charge in [-0.05, 0) is 12.1 Å². The molecule has 0 saturated carbocycles. The number of likely N-dealkylation sites (N-methyl/N-ethyl adjacent to an activating group) is 1. The smallest absolute Gasteiger partial charge is 0.0637 e. The van der Waals surface area contributed by atoms with Crippen molar-refractivity contribution < 1.29 is 4.74 Å². The molecule has 0 aliphatic carbocycles. The summed E-state index contributed by atoms with van der Waals surface area (Å²) in [6, 6.07) is 6.46. The minimum atomic E-state index is 0.443. The van der Waals surface area contributed by atoms with Crippen molar-refractivity contribution in [3.63, 3.8) is 0 Å². The SMILES string of the molecule is COCCN(C)c1cccc(Cl)c1CNC(C)C. The number of ether oxygens (including phenoxy) is 1. The topological polar surface area (TPSA) is 24.5 Å². The molecule has 0 fully saturated rings. The Morgan fingerprint density at radius 2 is 2.11 bits per heavy atom. The van der Waals surface area contributed by atoms with Gasteiger partial charge in [0.25, 0.3) is 0 Å². The molecule has 3 nitrogen and oxygen atoms in total. The van der Waals surface area contributed by atoms with Gasteiger partial charge in [-0.25, -0.2) is 0 Å². The highest BCUT2D eigenvalue weighted by Gasteiger charge is 2.10. The number of hydrogen-bond donors (Lipinski definition) is 1. The monoisotopic (exact) mass is 270 g/mol. The first-order valence-corrected chi connectivity index (χ1v) is 6.65. The quantitative estimate of drug-likeness (QED) is 0.825. The number of methoxy groups -OCH3 is 1. The molecule has 0 aromatic heterocycles. The van der Waals surface area contributed by atoms with Gasteiger partial charge in [-0.15, -0.1) is 0 Å². The summed E-state index contributed by atoms with van der Waals surface area (Å²) in [4.78, 5) is 2.17. The minimum Gasteiger partial charge on any atom is -0.383 e. The molecule has 0 spiro atoms. The zero-order valence-electron chi connectivity index (χ0n) is 11.7. The van der Waals surface area contributed by atoms with Crippen LogP contribution in [0.4, 0.5) is 5.69 Å². The summed E-state index contributed by atoms with van der Waals surface area (Å²) >= 11 is 6.29. The van der Waals surface area contributed by atoms with Crippen LogP contribution in [0, 0.1) is 0 Å². The largest absolute Gasteiger partial charge is 0.383 e. The second-order valence-corrected chi connectivity index (χ2v) is 5.09. The first kappa shape index (κ1) is 15.3. The second kappa shape index (κ2) is 7.62. The van der Waals surface area contributed by atoms with Gasteiger partial charge in [0.2, 0.25) is 0 Å². The van der Waals surface area contributed by atoms with Crippen LogP contribution < -0.4 is 10.2 Å². The number of anilines is 1. The predicted octanol–water partition coefficient (Wildman–Crippen LogP) is 2.92. The van der Waals surface area contributed by atoms with E-state index in [1.165, 1.54) is 0 Å². The van der Waals surface area contributed by atoms with Crippen LogP contribution in [0.25, 0.3) is 0 Å². The van der Waals surface area contributed by atoms with Crippen molar-refractivity contribution >= 4 is 17.3 Å². The third kappa shape index (κ3) is 4.48. The fourth-order valence-electron chi connectivity index (χ4n) is 1.73. The van der Waals surface area contributed by atoms with Crippen LogP contribution in [0.15, 0.2) is 18.2 Å². The molecule has 0 amide bonds. The van der Waals surface area contributed by atoms with E-state index in [-0.39, 0.29) is 0 Å². The average molecular weight is 271 g/mol. The Kier molecular flexibility index (Phi) is 6.47. The molecule has 0 aliphatic rings. The van der Waals surface area contributed by atoms with Crippen molar-refractivity contribution in [1.82, 2.24) is 5.32 Å². The van der Waals surface area contributed by atoms with E-state index in [9.17, 15) is 0 Å². The average Bonchev–Trinajstić information content (AvgIpc) is 2.34. The molecule has 0 aliphatic heterocycles. The molecular weight excluding hydrogens is 248 g/mol. The fraction of sp³-hybridized carbons (Fsp3) is 0.571. The summed E-state index contributed by atoms with van der Waals surface area (Å²) < 4.78 is 5.11. The molecule has 0 radical (unpaired) electrons. The van der Waals surface area contributed by atoms with Crippen LogP contribution in [-0.2, 0) is 11.3 Å². The van der Waals surface area contributed by atoms with Crippen LogP contribution in [0.2, 0.25) is 5.02 Å². The molecule has 0 atom stereocenters. The summed E-state index contributed by atoms with van der Waals surface area (Å²) in [7, 11) is 3.77. The van der Waals surface area contributed by atoms with E-state index in [2.05, 4.69) is 37.2 Å². The molecule has 1 aromatic carbocycles. The molecule has 0 unspecified atom stereocenters. The van der Waals surface area contributed by atoms with Gasteiger partial charge in [0.15, 0.2) is 0 Å². The zero-order chi connectivity index (χ0) is 13.5. The Bertz CT molecular complexity index is 369. The summed E-state index contributed by atoms with van der Waals surface area (Å²) in [5.74, 6) is 0. The third-order valence-corrected chi connectivity index (χ3v) is 3.18. The number of nitrogens with one attached hydrogen (secondary N) is 1. The normalized spacial score (nSPS) is 11.0. The molecule has 0 saturated heterocycles. The van der Waals surface area contributed by atoms with Crippen LogP contribution >= 0.6 is 11.6 Å². The summed E-state index contributed by atoms with van der Waals surface area (Å²) in [5, 5.41) is 4.22. The van der Waals surface area contributed by atoms with Gasteiger partial charge in [0.05, 0.1) is 6.61 Å². The molecular formula is C14H23ClN2O. The van der Waals surface area contributed by atoms with Crippen molar-refractivity contribution in [2.24, 2.45) is 0 Å². The van der Waals surface area contributed by atoms with Crippen molar-refractivity contribution in [3.8, 4) is 0 Å². The summed E-state index contributed by atoms with van der Waals surface area (Å²) in [6.07, 6.45) is 0. The van der Waals surface area contributed by atoms with Crippen LogP contribution in [-0.4, -0.2) is 33.4 Å². The lowest BCUT2D eigenvalue weighted by atomic mass is 10.1. The number of benzene rings is 1. The summed E-state index contributed by atoms with van der Waals surface area (Å²) in [6.45, 7) is 6.60. The van der Waals surface area contributed by atoms with E-state index < -0.39 is 0 Å². The number of halogens is 1. The maximum atomic E-state index is 6.29. The van der Waals surface area contributed by atoms with E-state index in [0.29, 0.717) is 12.6 Å². The number of rotatable bonds is 7. The van der Waals surface area contributed by atoms with Crippen LogP contribution in [0.3, 0.4) is 0 Å². The molecule has 18 heavy (non-hydrogen) atoms. The van der Waals surface area contributed by atoms with Gasteiger partial charge in [0, 0.05) is 49.6 Å². The lowest BCUT2D eigenvalue weighted by molar-refractivity contribution is 0.206. The molecule has 102 valence electrons. The molecule has 0 heterocycles. The van der Waals surface area contributed by atoms with Crippen molar-refractivity contribution in [2.75, 3.05) is 32.2 Å². The Morgan fingerprint density at radius 3 is 2.72 bits per heavy atom. The minimum absolute atomic E-state index is 0.443. The first-order valence-electron chi connectivity index (χ1n) is 6.27. The van der Waals surface area contributed by atoms with Crippen molar-refractivity contribution in [2.45, 2.75) is 26.4 Å². The predicted molar refractivity (Wildman–Crippen MR) is 78.6 cm³/mol. The number of nitrogens with zero attached hydrogens (tertiary/aromatic N) is 1. The van der Waals surface area contributed by atoms with E-state index in [1.807, 2.05) is 12.1 Å². The Morgan fingerprint density at radius 1 is 1.39 bits per heavy atom. The Labute approximate surface area is 115 Å². The fourth-order valence-corrected chi connectivity index (χ4v) is 1.97. The molecule has 1 rings (SSSR count). The lowest BCUT2D eigenvalue weighted by Crippen LogP contribution is -2.26. The maximum Gasteiger partial charge on any atom is 0.0637 e. The van der Waals surface area contributed by atoms with Gasteiger partial charge in [0.1, 0.15) is 0 Å². The highest BCUT2D eigenvalue weighted by Crippen LogP contribution is 2.26. The van der Waals surface area contributed by atoms with Gasteiger partial charge < -0.3 is 15.0 Å². The molecule has 4 heteroatoms. The number of hydrogen-bond acceptors (Lipinski definition) is 3. The van der Waals surface area contributed by atoms with E-state index in [0.717, 1.165) is 29.4 Å². The first-order chi connectivity index (χ1) is 8.56. The maximum absolute atomic E-state index is 6.29. The zero-order valence-corrected chi connectivity index (χ0v) is 12.4. The van der Waals surface area contributed by atoms with Gasteiger partial charge in [-0.2, -0.15) is 0 Å². The highest BCUT2D eigenvalue weighted by atomic mass is 35.5. The Balaban J connectivity index is 2.85. The lowest BCUT2D eigenvalue weighted by Gasteiger charge is -2.23. The van der Waals surface area contributed by atoms with E-state index >= 15 is 0 Å². The van der Waals surface area contributed by atoms with Crippen LogP contribution in [0.5, 0.6) is 0 Å². The standard InChI is InChI=1S/C14H23ClN2O/c1-11(2)16-10-12-13(15)6-5-7-14(12)17(3)8-9-18-4/h5-7,11,16H,8-10H2,1-4H3. The van der Waals surface area contributed by atoms with Crippen molar-refractivity contribution in [1.29, 1.82) is 0 Å².